The Labute approximate surface area is 211 Å². The number of hydrogen-bond donors (Lipinski definition) is 0. The zero-order chi connectivity index (χ0) is 26.0. The lowest BCUT2D eigenvalue weighted by molar-refractivity contribution is -0.166. The molecule has 7 nitrogen and oxygen atoms in total. The Bertz CT molecular complexity index is 1040. The first kappa shape index (κ1) is 27.1. The van der Waals surface area contributed by atoms with Crippen LogP contribution in [0.5, 0.6) is 0 Å². The van der Waals surface area contributed by atoms with E-state index in [1.807, 2.05) is 44.6 Å². The van der Waals surface area contributed by atoms with Gasteiger partial charge in [0, 0.05) is 37.0 Å². The highest BCUT2D eigenvalue weighted by Crippen LogP contribution is 2.37. The molecular weight excluding hydrogens is 458 g/mol. The number of carbonyl (C=O) groups excluding carboxylic acids is 1. The van der Waals surface area contributed by atoms with Gasteiger partial charge in [0.2, 0.25) is 0 Å². The lowest BCUT2D eigenvalue weighted by Crippen LogP contribution is -2.48. The van der Waals surface area contributed by atoms with Crippen LogP contribution in [-0.2, 0) is 32.2 Å². The molecule has 1 aliphatic heterocycles. The van der Waals surface area contributed by atoms with Crippen molar-refractivity contribution in [3.8, 4) is 0 Å². The van der Waals surface area contributed by atoms with Crippen molar-refractivity contribution in [2.24, 2.45) is 18.0 Å². The second-order valence-corrected chi connectivity index (χ2v) is 16.6. The predicted octanol–water partition coefficient (Wildman–Crippen LogP) is 5.16. The molecule has 0 radical (unpaired) electrons. The maximum absolute atomic E-state index is 13.0. The van der Waals surface area contributed by atoms with Gasteiger partial charge in [0.15, 0.2) is 14.4 Å². The summed E-state index contributed by atoms with van der Waals surface area (Å²) in [5.74, 6) is 0.447. The molecule has 0 aromatic carbocycles. The summed E-state index contributed by atoms with van der Waals surface area (Å²) in [6.07, 6.45) is 12.1. The topological polar surface area (TPSA) is 74.9 Å². The van der Waals surface area contributed by atoms with Crippen molar-refractivity contribution in [3.63, 3.8) is 0 Å². The second-order valence-electron chi connectivity index (χ2n) is 11.8. The molecular formula is C27H41N3O4Si. The predicted molar refractivity (Wildman–Crippen MR) is 142 cm³/mol. The highest BCUT2D eigenvalue weighted by Gasteiger charge is 2.42. The van der Waals surface area contributed by atoms with Gasteiger partial charge >= 0.3 is 5.97 Å². The van der Waals surface area contributed by atoms with Crippen molar-refractivity contribution in [2.45, 2.75) is 83.8 Å². The number of aliphatic imine (C=N–C) groups is 1. The molecule has 3 atom stereocenters. The SMILES string of the molecule is Cn1nccc1CC1=NC2C=CC(OC[C@@H](O[Si](C)(C)C(C)(C)C)C(=O)OC(C)(C)C)=CC2C=C1. The lowest BCUT2D eigenvalue weighted by Gasteiger charge is -2.39. The molecule has 0 saturated carbocycles. The largest absolute Gasteiger partial charge is 0.491 e. The Morgan fingerprint density at radius 1 is 1.14 bits per heavy atom. The van der Waals surface area contributed by atoms with Gasteiger partial charge in [0.1, 0.15) is 18.0 Å². The van der Waals surface area contributed by atoms with Crippen molar-refractivity contribution in [1.82, 2.24) is 9.78 Å². The molecule has 2 heterocycles. The molecule has 192 valence electrons. The van der Waals surface area contributed by atoms with Crippen LogP contribution in [0, 0.1) is 5.92 Å². The number of aryl methyl sites for hydroxylation is 1. The van der Waals surface area contributed by atoms with E-state index in [0.717, 1.165) is 17.8 Å². The van der Waals surface area contributed by atoms with Crippen molar-refractivity contribution in [1.29, 1.82) is 0 Å². The van der Waals surface area contributed by atoms with Crippen LogP contribution in [0.3, 0.4) is 0 Å². The molecule has 0 bridgehead atoms. The van der Waals surface area contributed by atoms with Crippen LogP contribution in [0.15, 0.2) is 53.4 Å². The van der Waals surface area contributed by atoms with E-state index in [9.17, 15) is 4.79 Å². The summed E-state index contributed by atoms with van der Waals surface area (Å²) in [5.41, 5.74) is 1.56. The van der Waals surface area contributed by atoms with E-state index in [2.05, 4.69) is 63.3 Å². The second kappa shape index (κ2) is 10.3. The number of nitrogens with zero attached hydrogens (tertiary/aromatic N) is 3. The molecule has 0 N–H and O–H groups in total. The highest BCUT2D eigenvalue weighted by molar-refractivity contribution is 6.74. The minimum absolute atomic E-state index is 0.0391. The summed E-state index contributed by atoms with van der Waals surface area (Å²) < 4.78 is 20.0. The lowest BCUT2D eigenvalue weighted by atomic mass is 9.91. The normalized spacial score (nSPS) is 21.2. The monoisotopic (exact) mass is 499 g/mol. The molecule has 1 aromatic heterocycles. The molecule has 1 aromatic rings. The third kappa shape index (κ3) is 7.27. The van der Waals surface area contributed by atoms with Crippen LogP contribution >= 0.6 is 0 Å². The maximum Gasteiger partial charge on any atom is 0.338 e. The molecule has 0 spiro atoms. The van der Waals surface area contributed by atoms with E-state index >= 15 is 0 Å². The van der Waals surface area contributed by atoms with Crippen LogP contribution < -0.4 is 0 Å². The first-order valence-electron chi connectivity index (χ1n) is 12.3. The summed E-state index contributed by atoms with van der Waals surface area (Å²) >= 11 is 0. The van der Waals surface area contributed by atoms with Gasteiger partial charge in [-0.2, -0.15) is 5.10 Å². The first-order valence-corrected chi connectivity index (χ1v) is 15.2. The van der Waals surface area contributed by atoms with Crippen molar-refractivity contribution < 1.29 is 18.7 Å². The number of hydrogen-bond acceptors (Lipinski definition) is 6. The highest BCUT2D eigenvalue weighted by atomic mass is 28.4. The van der Waals surface area contributed by atoms with Gasteiger partial charge in [0.25, 0.3) is 0 Å². The number of esters is 1. The van der Waals surface area contributed by atoms with Gasteiger partial charge in [0.05, 0.1) is 6.04 Å². The summed E-state index contributed by atoms with van der Waals surface area (Å²) in [5, 5.41) is 4.19. The number of rotatable bonds is 8. The van der Waals surface area contributed by atoms with Gasteiger partial charge in [-0.25, -0.2) is 4.79 Å². The van der Waals surface area contributed by atoms with Gasteiger partial charge in [-0.15, -0.1) is 0 Å². The molecule has 2 unspecified atom stereocenters. The number of dihydropyridines is 1. The van der Waals surface area contributed by atoms with Crippen LogP contribution in [0.1, 0.15) is 47.2 Å². The van der Waals surface area contributed by atoms with Gasteiger partial charge in [-0.3, -0.25) is 9.67 Å². The van der Waals surface area contributed by atoms with Gasteiger partial charge in [-0.05, 0) is 63.2 Å². The average Bonchev–Trinajstić information content (AvgIpc) is 3.13. The Kier molecular flexibility index (Phi) is 7.96. The van der Waals surface area contributed by atoms with E-state index in [1.54, 1.807) is 6.20 Å². The van der Waals surface area contributed by atoms with E-state index < -0.39 is 20.0 Å². The average molecular weight is 500 g/mol. The van der Waals surface area contributed by atoms with Crippen molar-refractivity contribution >= 4 is 20.0 Å². The first-order chi connectivity index (χ1) is 16.1. The molecule has 8 heteroatoms. The zero-order valence-corrected chi connectivity index (χ0v) is 23.7. The fourth-order valence-corrected chi connectivity index (χ4v) is 4.83. The van der Waals surface area contributed by atoms with Crippen LogP contribution in [-0.4, -0.2) is 54.1 Å². The third-order valence-electron chi connectivity index (χ3n) is 6.63. The van der Waals surface area contributed by atoms with E-state index in [-0.39, 0.29) is 29.6 Å². The molecule has 2 aliphatic rings. The summed E-state index contributed by atoms with van der Waals surface area (Å²) in [4.78, 5) is 17.9. The molecule has 35 heavy (non-hydrogen) atoms. The van der Waals surface area contributed by atoms with E-state index in [0.29, 0.717) is 5.76 Å². The zero-order valence-electron chi connectivity index (χ0n) is 22.7. The number of aromatic nitrogens is 2. The smallest absolute Gasteiger partial charge is 0.338 e. The Morgan fingerprint density at radius 3 is 2.46 bits per heavy atom. The van der Waals surface area contributed by atoms with Gasteiger partial charge in [-0.1, -0.05) is 32.9 Å². The summed E-state index contributed by atoms with van der Waals surface area (Å²) in [7, 11) is -0.271. The number of allylic oxidation sites excluding steroid dienone is 2. The molecule has 0 saturated heterocycles. The summed E-state index contributed by atoms with van der Waals surface area (Å²) in [6, 6.07) is 2.05. The molecule has 0 fully saturated rings. The van der Waals surface area contributed by atoms with E-state index in [4.69, 9.17) is 18.9 Å². The van der Waals surface area contributed by atoms with Crippen LogP contribution in [0.2, 0.25) is 18.1 Å². The molecule has 3 rings (SSSR count). The Morgan fingerprint density at radius 2 is 1.86 bits per heavy atom. The van der Waals surface area contributed by atoms with Crippen molar-refractivity contribution in [3.05, 3.63) is 54.1 Å². The quantitative estimate of drug-likeness (QED) is 0.365. The third-order valence-corrected chi connectivity index (χ3v) is 11.1. The maximum atomic E-state index is 13.0. The molecule has 1 aliphatic carbocycles. The number of ether oxygens (including phenoxy) is 2. The van der Waals surface area contributed by atoms with Gasteiger partial charge < -0.3 is 13.9 Å². The number of fused-ring (bicyclic) bond motifs is 1. The fraction of sp³-hybridized carbons (Fsp3) is 0.593. The molecule has 0 amide bonds. The van der Waals surface area contributed by atoms with Crippen molar-refractivity contribution in [2.75, 3.05) is 6.61 Å². The fourth-order valence-electron chi connectivity index (χ4n) is 3.60. The van der Waals surface area contributed by atoms with E-state index in [1.165, 1.54) is 0 Å². The standard InChI is InChI=1S/C27H41N3O4Si/c1-26(2,3)33-25(31)24(34-35(8,9)27(4,5)6)18-32-22-12-13-23-19(16-22)10-11-20(29-23)17-21-14-15-28-30(21)7/h10-16,19,23-24H,17-18H2,1-9H3/t19?,23?,24-/m1/s1. The van der Waals surface area contributed by atoms with Crippen LogP contribution in [0.25, 0.3) is 0 Å². The minimum atomic E-state index is -2.21. The number of carbonyl (C=O) groups is 1. The van der Waals surface area contributed by atoms with Crippen LogP contribution in [0.4, 0.5) is 0 Å². The minimum Gasteiger partial charge on any atom is -0.491 e. The Hall–Kier alpha value is -2.45. The Balaban J connectivity index is 1.66. The summed E-state index contributed by atoms with van der Waals surface area (Å²) in [6.45, 7) is 16.4.